The van der Waals surface area contributed by atoms with Gasteiger partial charge in [-0.15, -0.1) is 0 Å². The van der Waals surface area contributed by atoms with Crippen LogP contribution in [0.25, 0.3) is 0 Å². The molecule has 1 unspecified atom stereocenters. The monoisotopic (exact) mass is 339 g/mol. The second-order valence-corrected chi connectivity index (χ2v) is 5.36. The van der Waals surface area contributed by atoms with Crippen molar-refractivity contribution in [2.24, 2.45) is 0 Å². The minimum atomic E-state index is -0.566. The molecule has 0 aliphatic carbocycles. The van der Waals surface area contributed by atoms with Gasteiger partial charge in [0.05, 0.1) is 35.6 Å². The number of nitrogens with zero attached hydrogens (tertiary/aromatic N) is 3. The van der Waals surface area contributed by atoms with Gasteiger partial charge >= 0.3 is 0 Å². The first-order valence-corrected chi connectivity index (χ1v) is 7.28. The molecule has 0 saturated carbocycles. The highest BCUT2D eigenvalue weighted by molar-refractivity contribution is 9.10. The van der Waals surface area contributed by atoms with E-state index in [0.29, 0.717) is 19.6 Å². The maximum Gasteiger partial charge on any atom is 0.0971 e. The maximum atomic E-state index is 10.4. The Morgan fingerprint density at radius 3 is 3.00 bits per heavy atom. The number of hydrogen-bond donors (Lipinski definition) is 1. The molecule has 0 aliphatic heterocycles. The molecular weight excluding hydrogens is 322 g/mol. The first kappa shape index (κ1) is 15.2. The van der Waals surface area contributed by atoms with Gasteiger partial charge in [-0.2, -0.15) is 5.10 Å². The SMILES string of the molecule is COCCn1ncc(Br)c1C(O)CCc1cccnc1. The topological polar surface area (TPSA) is 60.2 Å². The van der Waals surface area contributed by atoms with Crippen molar-refractivity contribution in [1.82, 2.24) is 14.8 Å². The summed E-state index contributed by atoms with van der Waals surface area (Å²) >= 11 is 3.44. The van der Waals surface area contributed by atoms with Gasteiger partial charge in [0.15, 0.2) is 0 Å². The summed E-state index contributed by atoms with van der Waals surface area (Å²) in [4.78, 5) is 4.08. The summed E-state index contributed by atoms with van der Waals surface area (Å²) in [5, 5.41) is 14.6. The fraction of sp³-hybridized carbons (Fsp3) is 0.429. The molecule has 0 spiro atoms. The van der Waals surface area contributed by atoms with Crippen LogP contribution in [0.4, 0.5) is 0 Å². The van der Waals surface area contributed by atoms with E-state index < -0.39 is 6.10 Å². The molecule has 0 bridgehead atoms. The Balaban J connectivity index is 2.01. The van der Waals surface area contributed by atoms with Crippen LogP contribution in [0.15, 0.2) is 35.2 Å². The lowest BCUT2D eigenvalue weighted by Crippen LogP contribution is -2.13. The third-order valence-electron chi connectivity index (χ3n) is 3.09. The fourth-order valence-corrected chi connectivity index (χ4v) is 2.61. The second kappa shape index (κ2) is 7.52. The fourth-order valence-electron chi connectivity index (χ4n) is 2.05. The van der Waals surface area contributed by atoms with Crippen LogP contribution in [0, 0.1) is 0 Å². The average Bonchev–Trinajstić information content (AvgIpc) is 2.84. The summed E-state index contributed by atoms with van der Waals surface area (Å²) in [5.41, 5.74) is 1.91. The molecule has 2 rings (SSSR count). The highest BCUT2D eigenvalue weighted by atomic mass is 79.9. The highest BCUT2D eigenvalue weighted by Gasteiger charge is 2.17. The number of rotatable bonds is 7. The minimum absolute atomic E-state index is 0.566. The quantitative estimate of drug-likeness (QED) is 0.841. The summed E-state index contributed by atoms with van der Waals surface area (Å²) in [6.45, 7) is 1.19. The number of hydrogen-bond acceptors (Lipinski definition) is 4. The summed E-state index contributed by atoms with van der Waals surface area (Å²) < 4.78 is 7.66. The molecule has 2 aromatic heterocycles. The third kappa shape index (κ3) is 3.88. The van der Waals surface area contributed by atoms with E-state index in [0.717, 1.165) is 22.2 Å². The number of aliphatic hydroxyl groups is 1. The van der Waals surface area contributed by atoms with Crippen molar-refractivity contribution in [2.45, 2.75) is 25.5 Å². The van der Waals surface area contributed by atoms with Gasteiger partial charge in [-0.1, -0.05) is 6.07 Å². The van der Waals surface area contributed by atoms with E-state index in [1.165, 1.54) is 0 Å². The van der Waals surface area contributed by atoms with Crippen molar-refractivity contribution in [3.05, 3.63) is 46.5 Å². The lowest BCUT2D eigenvalue weighted by Gasteiger charge is -2.14. The Labute approximate surface area is 126 Å². The van der Waals surface area contributed by atoms with Crippen LogP contribution in [-0.2, 0) is 17.7 Å². The zero-order valence-electron chi connectivity index (χ0n) is 11.4. The van der Waals surface area contributed by atoms with E-state index >= 15 is 0 Å². The summed E-state index contributed by atoms with van der Waals surface area (Å²) in [5.74, 6) is 0. The number of methoxy groups -OCH3 is 1. The second-order valence-electron chi connectivity index (χ2n) is 4.51. The molecular formula is C14H18BrN3O2. The van der Waals surface area contributed by atoms with Gasteiger partial charge in [0.1, 0.15) is 0 Å². The van der Waals surface area contributed by atoms with Crippen molar-refractivity contribution in [3.8, 4) is 0 Å². The smallest absolute Gasteiger partial charge is 0.0971 e. The number of pyridine rings is 1. The molecule has 0 aliphatic rings. The maximum absolute atomic E-state index is 10.4. The molecule has 6 heteroatoms. The Morgan fingerprint density at radius 1 is 1.45 bits per heavy atom. The molecule has 108 valence electrons. The van der Waals surface area contributed by atoms with Gasteiger partial charge in [-0.05, 0) is 40.4 Å². The molecule has 1 N–H and O–H groups in total. The predicted molar refractivity (Wildman–Crippen MR) is 79.3 cm³/mol. The number of aromatic nitrogens is 3. The first-order chi connectivity index (χ1) is 9.72. The van der Waals surface area contributed by atoms with Crippen molar-refractivity contribution in [3.63, 3.8) is 0 Å². The molecule has 0 saturated heterocycles. The van der Waals surface area contributed by atoms with Gasteiger partial charge < -0.3 is 9.84 Å². The zero-order valence-corrected chi connectivity index (χ0v) is 13.0. The molecule has 0 fully saturated rings. The normalized spacial score (nSPS) is 12.6. The molecule has 2 aromatic rings. The van der Waals surface area contributed by atoms with E-state index in [9.17, 15) is 5.11 Å². The molecule has 0 radical (unpaired) electrons. The summed E-state index contributed by atoms with van der Waals surface area (Å²) in [7, 11) is 1.65. The largest absolute Gasteiger partial charge is 0.387 e. The van der Waals surface area contributed by atoms with Gasteiger partial charge in [0.25, 0.3) is 0 Å². The average molecular weight is 340 g/mol. The van der Waals surface area contributed by atoms with E-state index in [1.54, 1.807) is 24.2 Å². The molecule has 5 nitrogen and oxygen atoms in total. The number of halogens is 1. The Bertz CT molecular complexity index is 530. The van der Waals surface area contributed by atoms with E-state index in [-0.39, 0.29) is 0 Å². The lowest BCUT2D eigenvalue weighted by molar-refractivity contribution is 0.145. The van der Waals surface area contributed by atoms with Gasteiger partial charge in [-0.3, -0.25) is 9.67 Å². The van der Waals surface area contributed by atoms with Crippen LogP contribution in [-0.4, -0.2) is 33.6 Å². The zero-order chi connectivity index (χ0) is 14.4. The molecule has 0 amide bonds. The third-order valence-corrected chi connectivity index (χ3v) is 3.70. The summed E-state index contributed by atoms with van der Waals surface area (Å²) in [6, 6.07) is 3.91. The molecule has 2 heterocycles. The molecule has 20 heavy (non-hydrogen) atoms. The van der Waals surface area contributed by atoms with Gasteiger partial charge in [0, 0.05) is 19.5 Å². The van der Waals surface area contributed by atoms with E-state index in [4.69, 9.17) is 4.74 Å². The standard InChI is InChI=1S/C14H18BrN3O2/c1-20-8-7-18-14(12(15)10-17-18)13(19)5-4-11-3-2-6-16-9-11/h2-3,6,9-10,13,19H,4-5,7-8H2,1H3. The minimum Gasteiger partial charge on any atom is -0.387 e. The molecule has 1 atom stereocenters. The van der Waals surface area contributed by atoms with Crippen LogP contribution >= 0.6 is 15.9 Å². The predicted octanol–water partition coefficient (Wildman–Crippen LogP) is 2.35. The molecule has 0 aromatic carbocycles. The van der Waals surface area contributed by atoms with Crippen molar-refractivity contribution in [1.29, 1.82) is 0 Å². The highest BCUT2D eigenvalue weighted by Crippen LogP contribution is 2.26. The van der Waals surface area contributed by atoms with Crippen LogP contribution < -0.4 is 0 Å². The Hall–Kier alpha value is -1.24. The van der Waals surface area contributed by atoms with Crippen LogP contribution in [0.5, 0.6) is 0 Å². The van der Waals surface area contributed by atoms with Crippen molar-refractivity contribution in [2.75, 3.05) is 13.7 Å². The number of aryl methyl sites for hydroxylation is 1. The van der Waals surface area contributed by atoms with E-state index in [2.05, 4.69) is 26.0 Å². The van der Waals surface area contributed by atoms with Crippen LogP contribution in [0.2, 0.25) is 0 Å². The Morgan fingerprint density at radius 2 is 2.30 bits per heavy atom. The number of aliphatic hydroxyl groups excluding tert-OH is 1. The van der Waals surface area contributed by atoms with Crippen molar-refractivity contribution < 1.29 is 9.84 Å². The summed E-state index contributed by atoms with van der Waals surface area (Å²) in [6.07, 6.45) is 6.11. The van der Waals surface area contributed by atoms with Gasteiger partial charge in [-0.25, -0.2) is 0 Å². The first-order valence-electron chi connectivity index (χ1n) is 6.49. The van der Waals surface area contributed by atoms with E-state index in [1.807, 2.05) is 18.3 Å². The number of ether oxygens (including phenoxy) is 1. The van der Waals surface area contributed by atoms with Crippen LogP contribution in [0.3, 0.4) is 0 Å². The Kier molecular flexibility index (Phi) is 5.70. The van der Waals surface area contributed by atoms with Gasteiger partial charge in [0.2, 0.25) is 0 Å². The van der Waals surface area contributed by atoms with Crippen molar-refractivity contribution >= 4 is 15.9 Å². The lowest BCUT2D eigenvalue weighted by atomic mass is 10.1. The van der Waals surface area contributed by atoms with Crippen LogP contribution in [0.1, 0.15) is 23.8 Å².